The van der Waals surface area contributed by atoms with Gasteiger partial charge in [0, 0.05) is 32.1 Å². The first kappa shape index (κ1) is 14.2. The number of halogens is 1. The topological polar surface area (TPSA) is 49.3 Å². The molecular formula is C15H21FN4O. The Morgan fingerprint density at radius 1 is 1.24 bits per heavy atom. The zero-order chi connectivity index (χ0) is 14.8. The predicted molar refractivity (Wildman–Crippen MR) is 77.3 cm³/mol. The molecule has 21 heavy (non-hydrogen) atoms. The number of amides is 1. The van der Waals surface area contributed by atoms with Gasteiger partial charge in [-0.1, -0.05) is 6.42 Å². The van der Waals surface area contributed by atoms with Crippen molar-refractivity contribution in [1.29, 1.82) is 0 Å². The van der Waals surface area contributed by atoms with Crippen LogP contribution in [0.4, 0.5) is 10.3 Å². The molecule has 0 N–H and O–H groups in total. The number of rotatable bonds is 3. The van der Waals surface area contributed by atoms with Crippen molar-refractivity contribution in [3.8, 4) is 0 Å². The van der Waals surface area contributed by atoms with Crippen molar-refractivity contribution in [2.75, 3.05) is 25.0 Å². The maximum Gasteiger partial charge on any atom is 0.225 e. The highest BCUT2D eigenvalue weighted by atomic mass is 19.1. The van der Waals surface area contributed by atoms with Crippen molar-refractivity contribution in [3.05, 3.63) is 18.2 Å². The largest absolute Gasteiger partial charge is 0.342 e. The third-order valence-corrected chi connectivity index (χ3v) is 4.70. The second-order valence-electron chi connectivity index (χ2n) is 6.00. The lowest BCUT2D eigenvalue weighted by Gasteiger charge is -2.39. The molecule has 1 aliphatic carbocycles. The Morgan fingerprint density at radius 2 is 1.86 bits per heavy atom. The molecule has 0 aromatic carbocycles. The molecule has 0 atom stereocenters. The fraction of sp³-hybridized carbons (Fsp3) is 0.667. The molecule has 2 heterocycles. The van der Waals surface area contributed by atoms with E-state index >= 15 is 0 Å². The average molecular weight is 292 g/mol. The van der Waals surface area contributed by atoms with E-state index in [4.69, 9.17) is 0 Å². The van der Waals surface area contributed by atoms with Crippen LogP contribution in [0.1, 0.15) is 32.1 Å². The smallest absolute Gasteiger partial charge is 0.225 e. The molecule has 1 aromatic rings. The highest BCUT2D eigenvalue weighted by molar-refractivity contribution is 5.79. The fourth-order valence-corrected chi connectivity index (χ4v) is 3.05. The minimum Gasteiger partial charge on any atom is -0.342 e. The first-order valence-corrected chi connectivity index (χ1v) is 7.64. The van der Waals surface area contributed by atoms with Gasteiger partial charge in [0.2, 0.25) is 11.9 Å². The minimum atomic E-state index is -0.417. The van der Waals surface area contributed by atoms with Crippen molar-refractivity contribution >= 4 is 11.9 Å². The molecule has 6 heteroatoms. The van der Waals surface area contributed by atoms with Gasteiger partial charge in [0.1, 0.15) is 0 Å². The van der Waals surface area contributed by atoms with E-state index in [9.17, 15) is 9.18 Å². The summed E-state index contributed by atoms with van der Waals surface area (Å²) in [5.41, 5.74) is 0. The van der Waals surface area contributed by atoms with E-state index in [0.29, 0.717) is 17.9 Å². The average Bonchev–Trinajstić information content (AvgIpc) is 2.46. The second kappa shape index (κ2) is 5.95. The highest BCUT2D eigenvalue weighted by Crippen LogP contribution is 2.29. The van der Waals surface area contributed by atoms with Gasteiger partial charge in [-0.3, -0.25) is 4.79 Å². The summed E-state index contributed by atoms with van der Waals surface area (Å²) in [6.07, 6.45) is 7.49. The van der Waals surface area contributed by atoms with E-state index in [1.165, 1.54) is 18.8 Å². The molecule has 1 aromatic heterocycles. The van der Waals surface area contributed by atoms with Crippen molar-refractivity contribution in [3.63, 3.8) is 0 Å². The standard InChI is InChI=1S/C15H21FN4O/c1-19(14(21)11-3-2-4-11)13-5-7-20(8-6-13)15-17-9-12(16)10-18-15/h9-11,13H,2-8H2,1H3. The van der Waals surface area contributed by atoms with Gasteiger partial charge < -0.3 is 9.80 Å². The molecule has 3 rings (SSSR count). The Morgan fingerprint density at radius 3 is 2.38 bits per heavy atom. The van der Waals surface area contributed by atoms with Gasteiger partial charge in [-0.2, -0.15) is 0 Å². The van der Waals surface area contributed by atoms with E-state index in [2.05, 4.69) is 14.9 Å². The van der Waals surface area contributed by atoms with Crippen LogP contribution in [0.2, 0.25) is 0 Å². The van der Waals surface area contributed by atoms with Crippen molar-refractivity contribution in [1.82, 2.24) is 14.9 Å². The number of carbonyl (C=O) groups excluding carboxylic acids is 1. The lowest BCUT2D eigenvalue weighted by molar-refractivity contribution is -0.139. The monoisotopic (exact) mass is 292 g/mol. The maximum atomic E-state index is 12.8. The molecule has 1 amide bonds. The summed E-state index contributed by atoms with van der Waals surface area (Å²) in [6.45, 7) is 1.61. The Kier molecular flexibility index (Phi) is 4.03. The van der Waals surface area contributed by atoms with Crippen molar-refractivity contribution < 1.29 is 9.18 Å². The lowest BCUT2D eigenvalue weighted by Crippen LogP contribution is -2.48. The first-order valence-electron chi connectivity index (χ1n) is 7.64. The van der Waals surface area contributed by atoms with Crippen LogP contribution < -0.4 is 4.90 Å². The highest BCUT2D eigenvalue weighted by Gasteiger charge is 2.32. The Hall–Kier alpha value is -1.72. The summed E-state index contributed by atoms with van der Waals surface area (Å²) in [5, 5.41) is 0. The Bertz CT molecular complexity index is 495. The van der Waals surface area contributed by atoms with Crippen LogP contribution in [0.25, 0.3) is 0 Å². The molecule has 0 bridgehead atoms. The number of hydrogen-bond acceptors (Lipinski definition) is 4. The van der Waals surface area contributed by atoms with Crippen molar-refractivity contribution in [2.45, 2.75) is 38.1 Å². The number of aromatic nitrogens is 2. The van der Waals surface area contributed by atoms with E-state index in [1.807, 2.05) is 11.9 Å². The van der Waals surface area contributed by atoms with E-state index in [1.54, 1.807) is 0 Å². The zero-order valence-corrected chi connectivity index (χ0v) is 12.3. The lowest BCUT2D eigenvalue weighted by atomic mass is 9.84. The van der Waals surface area contributed by atoms with Gasteiger partial charge in [0.15, 0.2) is 5.82 Å². The molecular weight excluding hydrogens is 271 g/mol. The van der Waals surface area contributed by atoms with Gasteiger partial charge in [0.25, 0.3) is 0 Å². The molecule has 0 spiro atoms. The van der Waals surface area contributed by atoms with Gasteiger partial charge in [-0.05, 0) is 25.7 Å². The van der Waals surface area contributed by atoms with E-state index in [-0.39, 0.29) is 5.92 Å². The number of anilines is 1. The Balaban J connectivity index is 1.54. The minimum absolute atomic E-state index is 0.258. The van der Waals surface area contributed by atoms with Gasteiger partial charge in [0.05, 0.1) is 12.4 Å². The molecule has 1 saturated heterocycles. The molecule has 0 radical (unpaired) electrons. The number of hydrogen-bond donors (Lipinski definition) is 0. The quantitative estimate of drug-likeness (QED) is 0.853. The number of carbonyl (C=O) groups is 1. The summed E-state index contributed by atoms with van der Waals surface area (Å²) >= 11 is 0. The maximum absolute atomic E-state index is 12.8. The third kappa shape index (κ3) is 2.99. The zero-order valence-electron chi connectivity index (χ0n) is 12.3. The summed E-state index contributed by atoms with van der Waals surface area (Å²) < 4.78 is 12.8. The van der Waals surface area contributed by atoms with Crippen LogP contribution in [0, 0.1) is 11.7 Å². The van der Waals surface area contributed by atoms with Crippen LogP contribution in [-0.2, 0) is 4.79 Å². The SMILES string of the molecule is CN(C(=O)C1CCC1)C1CCN(c2ncc(F)cn2)CC1. The molecule has 2 fully saturated rings. The number of piperidine rings is 1. The predicted octanol–water partition coefficient (Wildman–Crippen LogP) is 1.84. The molecule has 2 aliphatic rings. The summed E-state index contributed by atoms with van der Waals surface area (Å²) in [5.74, 6) is 0.716. The van der Waals surface area contributed by atoms with Crippen LogP contribution in [0.3, 0.4) is 0 Å². The third-order valence-electron chi connectivity index (χ3n) is 4.70. The first-order chi connectivity index (χ1) is 10.1. The van der Waals surface area contributed by atoms with Crippen LogP contribution in [0.15, 0.2) is 12.4 Å². The summed E-state index contributed by atoms with van der Waals surface area (Å²) in [4.78, 5) is 24.3. The van der Waals surface area contributed by atoms with Gasteiger partial charge in [-0.25, -0.2) is 14.4 Å². The van der Waals surface area contributed by atoms with Crippen molar-refractivity contribution in [2.24, 2.45) is 5.92 Å². The van der Waals surface area contributed by atoms with E-state index in [0.717, 1.165) is 38.8 Å². The summed E-state index contributed by atoms with van der Waals surface area (Å²) in [7, 11) is 1.93. The van der Waals surface area contributed by atoms with E-state index < -0.39 is 5.82 Å². The molecule has 5 nitrogen and oxygen atoms in total. The van der Waals surface area contributed by atoms with Crippen LogP contribution >= 0.6 is 0 Å². The molecule has 0 unspecified atom stereocenters. The molecule has 1 saturated carbocycles. The fourth-order valence-electron chi connectivity index (χ4n) is 3.05. The van der Waals surface area contributed by atoms with Crippen LogP contribution in [0.5, 0.6) is 0 Å². The molecule has 1 aliphatic heterocycles. The summed E-state index contributed by atoms with van der Waals surface area (Å²) in [6, 6.07) is 0.301. The molecule has 114 valence electrons. The van der Waals surface area contributed by atoms with Gasteiger partial charge >= 0.3 is 0 Å². The second-order valence-corrected chi connectivity index (χ2v) is 6.00. The van der Waals surface area contributed by atoms with Crippen LogP contribution in [-0.4, -0.2) is 47.0 Å². The van der Waals surface area contributed by atoms with Gasteiger partial charge in [-0.15, -0.1) is 0 Å². The normalized spacial score (nSPS) is 20.2. The Labute approximate surface area is 124 Å². The number of nitrogens with zero attached hydrogens (tertiary/aromatic N) is 4.